The maximum absolute atomic E-state index is 13.3. The van der Waals surface area contributed by atoms with Crippen LogP contribution in [0, 0.1) is 5.92 Å². The van der Waals surface area contributed by atoms with Gasteiger partial charge in [-0.2, -0.15) is 0 Å². The lowest BCUT2D eigenvalue weighted by atomic mass is 10.1. The van der Waals surface area contributed by atoms with Gasteiger partial charge in [0.25, 0.3) is 5.91 Å². The van der Waals surface area contributed by atoms with Gasteiger partial charge < -0.3 is 14.0 Å². The summed E-state index contributed by atoms with van der Waals surface area (Å²) in [6.07, 6.45) is 2.25. The van der Waals surface area contributed by atoms with Gasteiger partial charge in [-0.05, 0) is 18.1 Å². The molecule has 0 N–H and O–H groups in total. The summed E-state index contributed by atoms with van der Waals surface area (Å²) in [5.74, 6) is 1.01. The Morgan fingerprint density at radius 2 is 2.15 bits per heavy atom. The van der Waals surface area contributed by atoms with Crippen molar-refractivity contribution in [3.05, 3.63) is 35.9 Å². The summed E-state index contributed by atoms with van der Waals surface area (Å²) in [5.41, 5.74) is 1.16. The predicted molar refractivity (Wildman–Crippen MR) is 97.0 cm³/mol. The Labute approximate surface area is 152 Å². The third kappa shape index (κ3) is 3.01. The van der Waals surface area contributed by atoms with Gasteiger partial charge in [0.15, 0.2) is 15.5 Å². The molecule has 2 aromatic rings. The van der Waals surface area contributed by atoms with Crippen molar-refractivity contribution in [2.75, 3.05) is 24.7 Å². The Kier molecular flexibility index (Phi) is 4.27. The largest absolute Gasteiger partial charge is 0.373 e. The maximum Gasteiger partial charge on any atom is 0.275 e. The van der Waals surface area contributed by atoms with Crippen LogP contribution in [-0.4, -0.2) is 65.4 Å². The van der Waals surface area contributed by atoms with E-state index >= 15 is 0 Å². The van der Waals surface area contributed by atoms with Crippen molar-refractivity contribution < 1.29 is 17.9 Å². The van der Waals surface area contributed by atoms with Crippen LogP contribution in [0.4, 0.5) is 0 Å². The number of aromatic nitrogens is 2. The summed E-state index contributed by atoms with van der Waals surface area (Å²) < 4.78 is 31.6. The van der Waals surface area contributed by atoms with Gasteiger partial charge in [-0.1, -0.05) is 19.9 Å². The fraction of sp³-hybridized carbons (Fsp3) is 0.556. The SMILES string of the molecule is CC(C)Cc1nc(C(=O)N2CCOC3CS(=O)(=O)CC32)c2ccccn12. The number of nitrogens with zero attached hydrogens (tertiary/aromatic N) is 3. The van der Waals surface area contributed by atoms with Crippen molar-refractivity contribution in [2.24, 2.45) is 5.92 Å². The third-order valence-electron chi connectivity index (χ3n) is 5.01. The zero-order valence-corrected chi connectivity index (χ0v) is 15.8. The fourth-order valence-electron chi connectivity index (χ4n) is 3.87. The lowest BCUT2D eigenvalue weighted by molar-refractivity contribution is -0.0362. The standard InChI is InChI=1S/C18H23N3O4S/c1-12(2)9-16-19-17(13-5-3-4-6-20(13)16)18(22)21-7-8-25-15-11-26(23,24)10-14(15)21/h3-6,12,14-15H,7-11H2,1-2H3. The molecule has 0 bridgehead atoms. The Balaban J connectivity index is 1.72. The average molecular weight is 377 g/mol. The highest BCUT2D eigenvalue weighted by Crippen LogP contribution is 2.27. The van der Waals surface area contributed by atoms with Crippen LogP contribution in [-0.2, 0) is 21.0 Å². The van der Waals surface area contributed by atoms with Crippen LogP contribution in [0.1, 0.15) is 30.2 Å². The molecule has 0 aromatic carbocycles. The topological polar surface area (TPSA) is 81.0 Å². The number of rotatable bonds is 3. The van der Waals surface area contributed by atoms with Crippen LogP contribution < -0.4 is 0 Å². The van der Waals surface area contributed by atoms with E-state index in [0.29, 0.717) is 24.8 Å². The molecule has 2 unspecified atom stereocenters. The van der Waals surface area contributed by atoms with Crippen LogP contribution in [0.5, 0.6) is 0 Å². The molecular weight excluding hydrogens is 354 g/mol. The Bertz CT molecular complexity index is 950. The molecular formula is C18H23N3O4S. The second-order valence-electron chi connectivity index (χ2n) is 7.48. The van der Waals surface area contributed by atoms with E-state index < -0.39 is 22.0 Å². The fourth-order valence-corrected chi connectivity index (χ4v) is 5.74. The normalized spacial score (nSPS) is 25.0. The lowest BCUT2D eigenvalue weighted by Crippen LogP contribution is -2.53. The van der Waals surface area contributed by atoms with E-state index in [4.69, 9.17) is 4.74 Å². The van der Waals surface area contributed by atoms with Gasteiger partial charge in [0.05, 0.1) is 35.8 Å². The molecule has 2 atom stereocenters. The van der Waals surface area contributed by atoms with Crippen LogP contribution in [0.3, 0.4) is 0 Å². The van der Waals surface area contributed by atoms with Gasteiger partial charge in [-0.25, -0.2) is 13.4 Å². The number of ether oxygens (including phenoxy) is 1. The van der Waals surface area contributed by atoms with Crippen LogP contribution in [0.15, 0.2) is 24.4 Å². The van der Waals surface area contributed by atoms with E-state index in [0.717, 1.165) is 17.8 Å². The molecule has 2 fully saturated rings. The molecule has 2 saturated heterocycles. The third-order valence-corrected chi connectivity index (χ3v) is 6.70. The van der Waals surface area contributed by atoms with Gasteiger partial charge in [-0.15, -0.1) is 0 Å². The zero-order valence-electron chi connectivity index (χ0n) is 15.0. The number of sulfone groups is 1. The Morgan fingerprint density at radius 3 is 2.92 bits per heavy atom. The summed E-state index contributed by atoms with van der Waals surface area (Å²) in [6.45, 7) is 4.97. The molecule has 140 valence electrons. The van der Waals surface area contributed by atoms with Crippen LogP contribution >= 0.6 is 0 Å². The van der Waals surface area contributed by atoms with E-state index in [1.807, 2.05) is 28.8 Å². The predicted octanol–water partition coefficient (Wildman–Crippen LogP) is 1.17. The van der Waals surface area contributed by atoms with Crippen molar-refractivity contribution >= 4 is 21.3 Å². The van der Waals surface area contributed by atoms with Gasteiger partial charge in [0, 0.05) is 19.2 Å². The molecule has 4 heterocycles. The molecule has 2 aliphatic heterocycles. The molecule has 2 aromatic heterocycles. The number of carbonyl (C=O) groups excluding carboxylic acids is 1. The van der Waals surface area contributed by atoms with E-state index in [1.165, 1.54) is 0 Å². The van der Waals surface area contributed by atoms with Crippen molar-refractivity contribution in [1.82, 2.24) is 14.3 Å². The highest BCUT2D eigenvalue weighted by Gasteiger charge is 2.46. The van der Waals surface area contributed by atoms with Crippen LogP contribution in [0.2, 0.25) is 0 Å². The second-order valence-corrected chi connectivity index (χ2v) is 9.64. The number of carbonyl (C=O) groups is 1. The first-order chi connectivity index (χ1) is 12.4. The van der Waals surface area contributed by atoms with Gasteiger partial charge in [0.1, 0.15) is 5.82 Å². The minimum atomic E-state index is -3.18. The minimum Gasteiger partial charge on any atom is -0.373 e. The highest BCUT2D eigenvalue weighted by molar-refractivity contribution is 7.91. The summed E-state index contributed by atoms with van der Waals surface area (Å²) in [6, 6.07) is 5.26. The molecule has 0 saturated carbocycles. The van der Waals surface area contributed by atoms with E-state index in [1.54, 1.807) is 4.90 Å². The van der Waals surface area contributed by atoms with Gasteiger partial charge >= 0.3 is 0 Å². The lowest BCUT2D eigenvalue weighted by Gasteiger charge is -2.36. The minimum absolute atomic E-state index is 0.00994. The summed E-state index contributed by atoms with van der Waals surface area (Å²) in [5, 5.41) is 0. The maximum atomic E-state index is 13.3. The summed E-state index contributed by atoms with van der Waals surface area (Å²) in [4.78, 5) is 19.5. The molecule has 0 spiro atoms. The number of imidazole rings is 1. The zero-order chi connectivity index (χ0) is 18.5. The highest BCUT2D eigenvalue weighted by atomic mass is 32.2. The number of hydrogen-bond donors (Lipinski definition) is 0. The smallest absolute Gasteiger partial charge is 0.275 e. The molecule has 0 radical (unpaired) electrons. The monoisotopic (exact) mass is 377 g/mol. The van der Waals surface area contributed by atoms with Crippen molar-refractivity contribution in [1.29, 1.82) is 0 Å². The second kappa shape index (κ2) is 6.35. The molecule has 4 rings (SSSR count). The molecule has 2 aliphatic rings. The van der Waals surface area contributed by atoms with E-state index in [-0.39, 0.29) is 17.4 Å². The Morgan fingerprint density at radius 1 is 1.35 bits per heavy atom. The first-order valence-electron chi connectivity index (χ1n) is 8.94. The van der Waals surface area contributed by atoms with Crippen molar-refractivity contribution in [3.8, 4) is 0 Å². The number of amides is 1. The number of hydrogen-bond acceptors (Lipinski definition) is 5. The van der Waals surface area contributed by atoms with Crippen LogP contribution in [0.25, 0.3) is 5.52 Å². The van der Waals surface area contributed by atoms with Crippen molar-refractivity contribution in [3.63, 3.8) is 0 Å². The first kappa shape index (κ1) is 17.5. The number of fused-ring (bicyclic) bond motifs is 2. The molecule has 8 heteroatoms. The molecule has 0 aliphatic carbocycles. The van der Waals surface area contributed by atoms with Crippen molar-refractivity contribution in [2.45, 2.75) is 32.4 Å². The summed E-state index contributed by atoms with van der Waals surface area (Å²) in [7, 11) is -3.18. The average Bonchev–Trinajstić information content (AvgIpc) is 3.09. The molecule has 1 amide bonds. The quantitative estimate of drug-likeness (QED) is 0.802. The Hall–Kier alpha value is -1.93. The number of pyridine rings is 1. The first-order valence-corrected chi connectivity index (χ1v) is 10.8. The van der Waals surface area contributed by atoms with Gasteiger partial charge in [-0.3, -0.25) is 4.79 Å². The molecule has 26 heavy (non-hydrogen) atoms. The number of morpholine rings is 1. The molecule has 7 nitrogen and oxygen atoms in total. The van der Waals surface area contributed by atoms with E-state index in [2.05, 4.69) is 18.8 Å². The van der Waals surface area contributed by atoms with E-state index in [9.17, 15) is 13.2 Å². The summed E-state index contributed by atoms with van der Waals surface area (Å²) >= 11 is 0. The van der Waals surface area contributed by atoms with Gasteiger partial charge in [0.2, 0.25) is 0 Å².